The summed E-state index contributed by atoms with van der Waals surface area (Å²) in [5.74, 6) is 1.47. The molecule has 0 unspecified atom stereocenters. The third-order valence-corrected chi connectivity index (χ3v) is 3.59. The third kappa shape index (κ3) is 1.78. The van der Waals surface area contributed by atoms with E-state index in [2.05, 4.69) is 18.9 Å². The SMILES string of the molecule is CCC1CN(C(=O)[C@@H]2CCN(C)C2)C1. The quantitative estimate of drug-likeness (QED) is 0.652. The summed E-state index contributed by atoms with van der Waals surface area (Å²) in [6.45, 7) is 6.27. The van der Waals surface area contributed by atoms with Gasteiger partial charge in [-0.15, -0.1) is 0 Å². The van der Waals surface area contributed by atoms with Crippen LogP contribution in [0.1, 0.15) is 19.8 Å². The fourth-order valence-electron chi connectivity index (χ4n) is 2.40. The maximum Gasteiger partial charge on any atom is 0.227 e. The summed E-state index contributed by atoms with van der Waals surface area (Å²) >= 11 is 0. The van der Waals surface area contributed by atoms with Gasteiger partial charge in [-0.05, 0) is 32.4 Å². The van der Waals surface area contributed by atoms with Crippen molar-refractivity contribution in [2.24, 2.45) is 11.8 Å². The summed E-state index contributed by atoms with van der Waals surface area (Å²) in [6, 6.07) is 0. The van der Waals surface area contributed by atoms with Crippen LogP contribution in [-0.2, 0) is 4.79 Å². The van der Waals surface area contributed by atoms with Crippen LogP contribution in [0.2, 0.25) is 0 Å². The predicted octanol–water partition coefficient (Wildman–Crippen LogP) is 0.806. The van der Waals surface area contributed by atoms with Crippen molar-refractivity contribution in [2.45, 2.75) is 19.8 Å². The first-order valence-electron chi connectivity index (χ1n) is 5.68. The predicted molar refractivity (Wildman–Crippen MR) is 56.0 cm³/mol. The van der Waals surface area contributed by atoms with E-state index in [9.17, 15) is 4.79 Å². The van der Waals surface area contributed by atoms with Crippen LogP contribution in [0.25, 0.3) is 0 Å². The van der Waals surface area contributed by atoms with E-state index in [0.29, 0.717) is 5.91 Å². The molecule has 3 nitrogen and oxygen atoms in total. The minimum Gasteiger partial charge on any atom is -0.342 e. The number of hydrogen-bond donors (Lipinski definition) is 0. The molecule has 0 bridgehead atoms. The Bertz CT molecular complexity index is 223. The standard InChI is InChI=1S/C11H20N2O/c1-3-9-6-13(7-9)11(14)10-4-5-12(2)8-10/h9-10H,3-8H2,1-2H3/t10-/m1/s1. The number of carbonyl (C=O) groups is 1. The van der Waals surface area contributed by atoms with E-state index >= 15 is 0 Å². The van der Waals surface area contributed by atoms with Gasteiger partial charge in [0.15, 0.2) is 0 Å². The van der Waals surface area contributed by atoms with Gasteiger partial charge in [-0.1, -0.05) is 6.92 Å². The topological polar surface area (TPSA) is 23.6 Å². The second kappa shape index (κ2) is 3.89. The zero-order valence-electron chi connectivity index (χ0n) is 9.20. The first-order chi connectivity index (χ1) is 6.70. The molecular weight excluding hydrogens is 176 g/mol. The molecule has 1 amide bonds. The van der Waals surface area contributed by atoms with Crippen molar-refractivity contribution in [1.29, 1.82) is 0 Å². The van der Waals surface area contributed by atoms with Crippen LogP contribution in [0.15, 0.2) is 0 Å². The van der Waals surface area contributed by atoms with Crippen molar-refractivity contribution in [3.05, 3.63) is 0 Å². The number of carbonyl (C=O) groups excluding carboxylic acids is 1. The molecule has 80 valence electrons. The molecule has 0 spiro atoms. The van der Waals surface area contributed by atoms with E-state index < -0.39 is 0 Å². The molecule has 0 aromatic rings. The Morgan fingerprint density at radius 3 is 2.57 bits per heavy atom. The Kier molecular flexibility index (Phi) is 2.77. The van der Waals surface area contributed by atoms with Crippen LogP contribution in [-0.4, -0.2) is 48.9 Å². The van der Waals surface area contributed by atoms with E-state index in [0.717, 1.165) is 38.5 Å². The van der Waals surface area contributed by atoms with Gasteiger partial charge in [0.2, 0.25) is 5.91 Å². The van der Waals surface area contributed by atoms with Crippen molar-refractivity contribution in [3.63, 3.8) is 0 Å². The van der Waals surface area contributed by atoms with Crippen LogP contribution in [0.4, 0.5) is 0 Å². The molecule has 1 atom stereocenters. The van der Waals surface area contributed by atoms with Gasteiger partial charge in [-0.2, -0.15) is 0 Å². The highest BCUT2D eigenvalue weighted by Gasteiger charge is 2.35. The monoisotopic (exact) mass is 196 g/mol. The number of likely N-dealkylation sites (tertiary alicyclic amines) is 2. The highest BCUT2D eigenvalue weighted by Crippen LogP contribution is 2.24. The lowest BCUT2D eigenvalue weighted by molar-refractivity contribution is -0.141. The summed E-state index contributed by atoms with van der Waals surface area (Å²) < 4.78 is 0. The molecule has 0 radical (unpaired) electrons. The van der Waals surface area contributed by atoms with Gasteiger partial charge in [0.1, 0.15) is 0 Å². The van der Waals surface area contributed by atoms with E-state index in [-0.39, 0.29) is 5.92 Å². The highest BCUT2D eigenvalue weighted by atomic mass is 16.2. The minimum atomic E-state index is 0.290. The Morgan fingerprint density at radius 1 is 1.36 bits per heavy atom. The average Bonchev–Trinajstić information content (AvgIpc) is 2.49. The molecule has 0 N–H and O–H groups in total. The molecule has 0 aromatic carbocycles. The fourth-order valence-corrected chi connectivity index (χ4v) is 2.40. The number of nitrogens with zero attached hydrogens (tertiary/aromatic N) is 2. The van der Waals surface area contributed by atoms with Gasteiger partial charge in [0.05, 0.1) is 5.92 Å². The average molecular weight is 196 g/mol. The first kappa shape index (κ1) is 9.97. The van der Waals surface area contributed by atoms with Crippen LogP contribution in [0, 0.1) is 11.8 Å². The molecule has 3 heteroatoms. The molecule has 14 heavy (non-hydrogen) atoms. The third-order valence-electron chi connectivity index (χ3n) is 3.59. The summed E-state index contributed by atoms with van der Waals surface area (Å²) in [6.07, 6.45) is 2.27. The lowest BCUT2D eigenvalue weighted by Crippen LogP contribution is -2.52. The van der Waals surface area contributed by atoms with Gasteiger partial charge in [-0.3, -0.25) is 4.79 Å². The Hall–Kier alpha value is -0.570. The second-order valence-corrected chi connectivity index (χ2v) is 4.77. The summed E-state index contributed by atoms with van der Waals surface area (Å²) in [5.41, 5.74) is 0. The van der Waals surface area contributed by atoms with Gasteiger partial charge in [-0.25, -0.2) is 0 Å². The lowest BCUT2D eigenvalue weighted by atomic mass is 9.95. The largest absolute Gasteiger partial charge is 0.342 e. The maximum atomic E-state index is 11.9. The van der Waals surface area contributed by atoms with Crippen molar-refractivity contribution in [2.75, 3.05) is 33.2 Å². The second-order valence-electron chi connectivity index (χ2n) is 4.77. The summed E-state index contributed by atoms with van der Waals surface area (Å²) in [5, 5.41) is 0. The van der Waals surface area contributed by atoms with Gasteiger partial charge in [0.25, 0.3) is 0 Å². The lowest BCUT2D eigenvalue weighted by Gasteiger charge is -2.40. The maximum absolute atomic E-state index is 11.9. The van der Waals surface area contributed by atoms with Gasteiger partial charge < -0.3 is 9.80 Å². The van der Waals surface area contributed by atoms with Crippen molar-refractivity contribution >= 4 is 5.91 Å². The zero-order chi connectivity index (χ0) is 10.1. The number of rotatable bonds is 2. The molecular formula is C11H20N2O. The first-order valence-corrected chi connectivity index (χ1v) is 5.68. The fraction of sp³-hybridized carbons (Fsp3) is 0.909. The molecule has 2 aliphatic rings. The van der Waals surface area contributed by atoms with E-state index in [1.165, 1.54) is 6.42 Å². The van der Waals surface area contributed by atoms with Gasteiger partial charge >= 0.3 is 0 Å². The van der Waals surface area contributed by atoms with Crippen molar-refractivity contribution in [3.8, 4) is 0 Å². The van der Waals surface area contributed by atoms with Crippen LogP contribution >= 0.6 is 0 Å². The molecule has 2 rings (SSSR count). The van der Waals surface area contributed by atoms with Crippen molar-refractivity contribution < 1.29 is 4.79 Å². The molecule has 0 aromatic heterocycles. The summed E-state index contributed by atoms with van der Waals surface area (Å²) in [4.78, 5) is 16.2. The van der Waals surface area contributed by atoms with E-state index in [1.807, 2.05) is 4.90 Å². The normalized spacial score (nSPS) is 29.3. The zero-order valence-corrected chi connectivity index (χ0v) is 9.20. The van der Waals surface area contributed by atoms with Crippen LogP contribution in [0.3, 0.4) is 0 Å². The van der Waals surface area contributed by atoms with E-state index in [1.54, 1.807) is 0 Å². The molecule has 2 saturated heterocycles. The molecule has 0 saturated carbocycles. The van der Waals surface area contributed by atoms with Crippen molar-refractivity contribution in [1.82, 2.24) is 9.80 Å². The van der Waals surface area contributed by atoms with E-state index in [4.69, 9.17) is 0 Å². The highest BCUT2D eigenvalue weighted by molar-refractivity contribution is 5.80. The minimum absolute atomic E-state index is 0.290. The van der Waals surface area contributed by atoms with Crippen LogP contribution in [0.5, 0.6) is 0 Å². The summed E-state index contributed by atoms with van der Waals surface area (Å²) in [7, 11) is 2.10. The number of hydrogen-bond acceptors (Lipinski definition) is 2. The van der Waals surface area contributed by atoms with Crippen LogP contribution < -0.4 is 0 Å². The Labute approximate surface area is 86.1 Å². The number of amides is 1. The smallest absolute Gasteiger partial charge is 0.227 e. The van der Waals surface area contributed by atoms with Gasteiger partial charge in [0, 0.05) is 19.6 Å². The molecule has 2 fully saturated rings. The molecule has 0 aliphatic carbocycles. The molecule has 2 heterocycles. The Morgan fingerprint density at radius 2 is 2.07 bits per heavy atom. The molecule has 2 aliphatic heterocycles. The Balaban J connectivity index is 1.79.